The summed E-state index contributed by atoms with van der Waals surface area (Å²) < 4.78 is 0. The standard InChI is InChI=1S/C19H26/c1-3-9-16-14(6-1)8-5-11-18(16)19-13-12-15-7-2-4-10-17(15)19/h2,4,7,10,14,16,18-19H,1,3,5-6,8-9,11-13H2. The molecule has 4 unspecified atom stereocenters. The number of rotatable bonds is 1. The van der Waals surface area contributed by atoms with Gasteiger partial charge in [0.15, 0.2) is 0 Å². The first-order valence-corrected chi connectivity index (χ1v) is 8.51. The Hall–Kier alpha value is -0.780. The number of fused-ring (bicyclic) bond motifs is 2. The van der Waals surface area contributed by atoms with E-state index in [2.05, 4.69) is 24.3 Å². The number of hydrogen-bond donors (Lipinski definition) is 0. The average Bonchev–Trinajstić information content (AvgIpc) is 2.90. The summed E-state index contributed by atoms with van der Waals surface area (Å²) >= 11 is 0. The maximum absolute atomic E-state index is 2.43. The van der Waals surface area contributed by atoms with E-state index in [-0.39, 0.29) is 0 Å². The van der Waals surface area contributed by atoms with E-state index < -0.39 is 0 Å². The first kappa shape index (κ1) is 12.0. The summed E-state index contributed by atoms with van der Waals surface area (Å²) in [5.41, 5.74) is 3.38. The summed E-state index contributed by atoms with van der Waals surface area (Å²) in [6.45, 7) is 0. The van der Waals surface area contributed by atoms with Crippen molar-refractivity contribution in [2.24, 2.45) is 17.8 Å². The minimum Gasteiger partial charge on any atom is -0.0620 e. The highest BCUT2D eigenvalue weighted by Crippen LogP contribution is 2.52. The van der Waals surface area contributed by atoms with Crippen molar-refractivity contribution in [2.75, 3.05) is 0 Å². The molecule has 0 N–H and O–H groups in total. The lowest BCUT2D eigenvalue weighted by atomic mass is 9.61. The van der Waals surface area contributed by atoms with E-state index >= 15 is 0 Å². The molecule has 0 bridgehead atoms. The number of aryl methyl sites for hydroxylation is 1. The average molecular weight is 254 g/mol. The van der Waals surface area contributed by atoms with Gasteiger partial charge in [0, 0.05) is 0 Å². The predicted molar refractivity (Wildman–Crippen MR) is 80.3 cm³/mol. The van der Waals surface area contributed by atoms with Gasteiger partial charge < -0.3 is 0 Å². The molecule has 2 fully saturated rings. The van der Waals surface area contributed by atoms with Gasteiger partial charge in [-0.1, -0.05) is 56.4 Å². The highest BCUT2D eigenvalue weighted by molar-refractivity contribution is 5.35. The first-order valence-electron chi connectivity index (χ1n) is 8.51. The van der Waals surface area contributed by atoms with Gasteiger partial charge in [-0.05, 0) is 60.5 Å². The monoisotopic (exact) mass is 254 g/mol. The molecule has 0 spiro atoms. The maximum Gasteiger partial charge on any atom is -0.0125 e. The second-order valence-corrected chi connectivity index (χ2v) is 7.15. The predicted octanol–water partition coefficient (Wildman–Crippen LogP) is 5.32. The lowest BCUT2D eigenvalue weighted by molar-refractivity contribution is 0.0855. The van der Waals surface area contributed by atoms with Crippen LogP contribution in [0.25, 0.3) is 0 Å². The van der Waals surface area contributed by atoms with Gasteiger partial charge in [-0.3, -0.25) is 0 Å². The topological polar surface area (TPSA) is 0 Å². The molecule has 1 aromatic carbocycles. The van der Waals surface area contributed by atoms with E-state index in [1.54, 1.807) is 11.1 Å². The maximum atomic E-state index is 2.43. The molecule has 2 saturated carbocycles. The van der Waals surface area contributed by atoms with Crippen LogP contribution in [0.2, 0.25) is 0 Å². The Balaban J connectivity index is 1.61. The molecular weight excluding hydrogens is 228 g/mol. The van der Waals surface area contributed by atoms with Crippen molar-refractivity contribution in [3.8, 4) is 0 Å². The summed E-state index contributed by atoms with van der Waals surface area (Å²) in [6, 6.07) is 9.29. The fourth-order valence-corrected chi connectivity index (χ4v) is 5.52. The molecular formula is C19H26. The third kappa shape index (κ3) is 2.04. The fourth-order valence-electron chi connectivity index (χ4n) is 5.52. The molecule has 0 radical (unpaired) electrons. The Morgan fingerprint density at radius 1 is 0.737 bits per heavy atom. The van der Waals surface area contributed by atoms with Gasteiger partial charge >= 0.3 is 0 Å². The third-order valence-electron chi connectivity index (χ3n) is 6.33. The van der Waals surface area contributed by atoms with E-state index in [9.17, 15) is 0 Å². The van der Waals surface area contributed by atoms with Crippen molar-refractivity contribution < 1.29 is 0 Å². The molecule has 4 atom stereocenters. The molecule has 0 aromatic heterocycles. The minimum absolute atomic E-state index is 0.905. The molecule has 0 heteroatoms. The van der Waals surface area contributed by atoms with Crippen LogP contribution in [0.4, 0.5) is 0 Å². The Morgan fingerprint density at radius 2 is 1.53 bits per heavy atom. The van der Waals surface area contributed by atoms with E-state index in [0.717, 1.165) is 23.7 Å². The van der Waals surface area contributed by atoms with Crippen LogP contribution in [0.3, 0.4) is 0 Å². The molecule has 1 aromatic rings. The zero-order valence-corrected chi connectivity index (χ0v) is 12.0. The second kappa shape index (κ2) is 4.96. The van der Waals surface area contributed by atoms with Crippen molar-refractivity contribution in [3.63, 3.8) is 0 Å². The highest BCUT2D eigenvalue weighted by atomic mass is 14.5. The van der Waals surface area contributed by atoms with Gasteiger partial charge in [-0.15, -0.1) is 0 Å². The molecule has 19 heavy (non-hydrogen) atoms. The lowest BCUT2D eigenvalue weighted by Gasteiger charge is -2.44. The summed E-state index contributed by atoms with van der Waals surface area (Å²) in [6.07, 6.45) is 13.4. The van der Waals surface area contributed by atoms with E-state index in [4.69, 9.17) is 0 Å². The van der Waals surface area contributed by atoms with Crippen molar-refractivity contribution in [1.29, 1.82) is 0 Å². The Morgan fingerprint density at radius 3 is 2.53 bits per heavy atom. The summed E-state index contributed by atoms with van der Waals surface area (Å²) in [7, 11) is 0. The van der Waals surface area contributed by atoms with Crippen molar-refractivity contribution in [3.05, 3.63) is 35.4 Å². The van der Waals surface area contributed by atoms with Crippen LogP contribution in [-0.2, 0) is 6.42 Å². The van der Waals surface area contributed by atoms with Gasteiger partial charge in [-0.25, -0.2) is 0 Å². The van der Waals surface area contributed by atoms with Gasteiger partial charge in [0.25, 0.3) is 0 Å². The second-order valence-electron chi connectivity index (χ2n) is 7.15. The number of hydrogen-bond acceptors (Lipinski definition) is 0. The smallest absolute Gasteiger partial charge is 0.0125 e. The summed E-state index contributed by atoms with van der Waals surface area (Å²) in [5.74, 6) is 4.07. The third-order valence-corrected chi connectivity index (χ3v) is 6.33. The highest BCUT2D eigenvalue weighted by Gasteiger charge is 2.40. The number of benzene rings is 1. The van der Waals surface area contributed by atoms with Crippen LogP contribution >= 0.6 is 0 Å². The first-order chi connectivity index (χ1) is 9.43. The molecule has 0 saturated heterocycles. The van der Waals surface area contributed by atoms with Crippen molar-refractivity contribution >= 4 is 0 Å². The van der Waals surface area contributed by atoms with Crippen LogP contribution in [0.15, 0.2) is 24.3 Å². The summed E-state index contributed by atoms with van der Waals surface area (Å²) in [4.78, 5) is 0. The van der Waals surface area contributed by atoms with E-state index in [0.29, 0.717) is 0 Å². The summed E-state index contributed by atoms with van der Waals surface area (Å²) in [5, 5.41) is 0. The molecule has 0 aliphatic heterocycles. The molecule has 0 nitrogen and oxygen atoms in total. The van der Waals surface area contributed by atoms with Crippen molar-refractivity contribution in [1.82, 2.24) is 0 Å². The van der Waals surface area contributed by atoms with E-state index in [1.807, 2.05) is 0 Å². The normalized spacial score (nSPS) is 37.7. The Labute approximate surface area is 117 Å². The van der Waals surface area contributed by atoms with Crippen molar-refractivity contribution in [2.45, 2.75) is 63.7 Å². The van der Waals surface area contributed by atoms with E-state index in [1.165, 1.54) is 57.8 Å². The minimum atomic E-state index is 0.905. The zero-order chi connectivity index (χ0) is 12.7. The zero-order valence-electron chi connectivity index (χ0n) is 12.0. The molecule has 4 rings (SSSR count). The Kier molecular flexibility index (Phi) is 3.13. The molecule has 102 valence electrons. The molecule has 0 heterocycles. The quantitative estimate of drug-likeness (QED) is 0.636. The SMILES string of the molecule is c1ccc2c(c1)CCC2C1CCCC2CCCCC21. The van der Waals surface area contributed by atoms with Crippen LogP contribution in [-0.4, -0.2) is 0 Å². The van der Waals surface area contributed by atoms with Gasteiger partial charge in [0.05, 0.1) is 0 Å². The largest absolute Gasteiger partial charge is 0.0620 e. The van der Waals surface area contributed by atoms with Crippen LogP contribution in [0, 0.1) is 17.8 Å². The van der Waals surface area contributed by atoms with Crippen LogP contribution < -0.4 is 0 Å². The van der Waals surface area contributed by atoms with Gasteiger partial charge in [0.2, 0.25) is 0 Å². The lowest BCUT2D eigenvalue weighted by Crippen LogP contribution is -2.33. The molecule has 3 aliphatic carbocycles. The van der Waals surface area contributed by atoms with Gasteiger partial charge in [-0.2, -0.15) is 0 Å². The van der Waals surface area contributed by atoms with Gasteiger partial charge in [0.1, 0.15) is 0 Å². The molecule has 0 amide bonds. The Bertz CT molecular complexity index is 445. The molecule has 3 aliphatic rings. The fraction of sp³-hybridized carbons (Fsp3) is 0.684. The van der Waals surface area contributed by atoms with Crippen LogP contribution in [0.1, 0.15) is 68.4 Å². The van der Waals surface area contributed by atoms with Crippen LogP contribution in [0.5, 0.6) is 0 Å².